The summed E-state index contributed by atoms with van der Waals surface area (Å²) in [7, 11) is 0. The summed E-state index contributed by atoms with van der Waals surface area (Å²) in [6.45, 7) is 0.181. The largest absolute Gasteiger partial charge is 0.465 e. The van der Waals surface area contributed by atoms with Crippen LogP contribution >= 0.6 is 0 Å². The molecule has 4 aromatic rings. The lowest BCUT2D eigenvalue weighted by Crippen LogP contribution is -1.98. The quantitative estimate of drug-likeness (QED) is 0.171. The Labute approximate surface area is 184 Å². The van der Waals surface area contributed by atoms with Gasteiger partial charge in [0.2, 0.25) is 6.79 Å². The third-order valence-electron chi connectivity index (χ3n) is 5.06. The van der Waals surface area contributed by atoms with E-state index in [4.69, 9.17) is 9.47 Å². The molecule has 154 valence electrons. The minimum atomic E-state index is 0.181. The van der Waals surface area contributed by atoms with E-state index in [9.17, 15) is 0 Å². The van der Waals surface area contributed by atoms with Crippen molar-refractivity contribution in [2.45, 2.75) is 12.8 Å². The maximum atomic E-state index is 5.66. The SMILES string of the molecule is C(=Cc1ccc(Cc2ccccc2)cc1)OCOc1ccc(Cc2ccccc2)cc1. The fourth-order valence-corrected chi connectivity index (χ4v) is 3.38. The number of benzene rings is 4. The molecule has 0 aliphatic heterocycles. The fourth-order valence-electron chi connectivity index (χ4n) is 3.38. The first-order chi connectivity index (χ1) is 15.3. The van der Waals surface area contributed by atoms with E-state index in [0.29, 0.717) is 0 Å². The van der Waals surface area contributed by atoms with Gasteiger partial charge in [-0.25, -0.2) is 0 Å². The van der Waals surface area contributed by atoms with Crippen LogP contribution in [0.25, 0.3) is 6.08 Å². The van der Waals surface area contributed by atoms with Crippen LogP contribution in [0.3, 0.4) is 0 Å². The molecule has 0 bridgehead atoms. The predicted octanol–water partition coefficient (Wildman–Crippen LogP) is 6.89. The van der Waals surface area contributed by atoms with Crippen LogP contribution in [-0.4, -0.2) is 6.79 Å². The molecule has 0 radical (unpaired) electrons. The molecule has 2 nitrogen and oxygen atoms in total. The van der Waals surface area contributed by atoms with E-state index >= 15 is 0 Å². The zero-order valence-corrected chi connectivity index (χ0v) is 17.5. The normalized spacial score (nSPS) is 10.8. The van der Waals surface area contributed by atoms with E-state index in [2.05, 4.69) is 84.9 Å². The Hall–Kier alpha value is -3.78. The molecule has 0 N–H and O–H groups in total. The maximum absolute atomic E-state index is 5.66. The van der Waals surface area contributed by atoms with Crippen LogP contribution in [0, 0.1) is 0 Å². The van der Waals surface area contributed by atoms with Crippen LogP contribution in [0.15, 0.2) is 115 Å². The lowest BCUT2D eigenvalue weighted by Gasteiger charge is -2.07. The second-order valence-corrected chi connectivity index (χ2v) is 7.44. The Balaban J connectivity index is 1.19. The standard InChI is InChI=1S/C29H26O2/c1-3-7-25(8-4-1)21-27-13-11-24(12-14-27)19-20-30-23-31-29-17-15-28(16-18-29)22-26-9-5-2-6-10-26/h1-20H,21-23H2. The average molecular weight is 407 g/mol. The van der Waals surface area contributed by atoms with Crippen LogP contribution in [0.4, 0.5) is 0 Å². The predicted molar refractivity (Wildman–Crippen MR) is 127 cm³/mol. The van der Waals surface area contributed by atoms with Gasteiger partial charge in [-0.3, -0.25) is 0 Å². The molecule has 2 heteroatoms. The number of hydrogen-bond acceptors (Lipinski definition) is 2. The third-order valence-corrected chi connectivity index (χ3v) is 5.06. The van der Waals surface area contributed by atoms with Crippen LogP contribution in [0.5, 0.6) is 5.75 Å². The lowest BCUT2D eigenvalue weighted by molar-refractivity contribution is 0.0813. The second kappa shape index (κ2) is 10.8. The van der Waals surface area contributed by atoms with E-state index < -0.39 is 0 Å². The van der Waals surface area contributed by atoms with E-state index in [1.807, 2.05) is 30.3 Å². The Morgan fingerprint density at radius 1 is 0.516 bits per heavy atom. The zero-order chi connectivity index (χ0) is 21.1. The summed E-state index contributed by atoms with van der Waals surface area (Å²) >= 11 is 0. The molecule has 31 heavy (non-hydrogen) atoms. The Kier molecular flexibility index (Phi) is 7.17. The van der Waals surface area contributed by atoms with Crippen LogP contribution in [0.2, 0.25) is 0 Å². The van der Waals surface area contributed by atoms with Gasteiger partial charge in [-0.05, 0) is 58.9 Å². The average Bonchev–Trinajstić information content (AvgIpc) is 2.82. The summed E-state index contributed by atoms with van der Waals surface area (Å²) in [5.74, 6) is 0.801. The van der Waals surface area contributed by atoms with Gasteiger partial charge in [0.1, 0.15) is 5.75 Å². The molecular formula is C29H26O2. The van der Waals surface area contributed by atoms with Gasteiger partial charge in [-0.15, -0.1) is 0 Å². The fraction of sp³-hybridized carbons (Fsp3) is 0.103. The van der Waals surface area contributed by atoms with Crippen molar-refractivity contribution in [3.05, 3.63) is 143 Å². The molecule has 0 amide bonds. The molecule has 0 aliphatic rings. The molecular weight excluding hydrogens is 380 g/mol. The minimum Gasteiger partial charge on any atom is -0.465 e. The molecule has 0 unspecified atom stereocenters. The van der Waals surface area contributed by atoms with Gasteiger partial charge in [0, 0.05) is 0 Å². The van der Waals surface area contributed by atoms with E-state index in [1.165, 1.54) is 22.3 Å². The molecule has 0 saturated heterocycles. The Morgan fingerprint density at radius 2 is 1.00 bits per heavy atom. The maximum Gasteiger partial charge on any atom is 0.229 e. The van der Waals surface area contributed by atoms with Crippen molar-refractivity contribution in [3.63, 3.8) is 0 Å². The van der Waals surface area contributed by atoms with Gasteiger partial charge < -0.3 is 9.47 Å². The Bertz CT molecular complexity index is 1070. The second-order valence-electron chi connectivity index (χ2n) is 7.44. The molecule has 4 rings (SSSR count). The molecule has 0 heterocycles. The topological polar surface area (TPSA) is 18.5 Å². The van der Waals surface area contributed by atoms with Gasteiger partial charge in [-0.1, -0.05) is 97.1 Å². The van der Waals surface area contributed by atoms with Crippen molar-refractivity contribution < 1.29 is 9.47 Å². The summed E-state index contributed by atoms with van der Waals surface area (Å²) in [5, 5.41) is 0. The zero-order valence-electron chi connectivity index (χ0n) is 17.5. The van der Waals surface area contributed by atoms with Crippen LogP contribution in [0.1, 0.15) is 27.8 Å². The highest BCUT2D eigenvalue weighted by Crippen LogP contribution is 2.16. The van der Waals surface area contributed by atoms with Crippen molar-refractivity contribution in [1.82, 2.24) is 0 Å². The van der Waals surface area contributed by atoms with Crippen molar-refractivity contribution in [3.8, 4) is 5.75 Å². The van der Waals surface area contributed by atoms with Crippen molar-refractivity contribution in [1.29, 1.82) is 0 Å². The monoisotopic (exact) mass is 406 g/mol. The number of ether oxygens (including phenoxy) is 2. The van der Waals surface area contributed by atoms with Crippen molar-refractivity contribution in [2.24, 2.45) is 0 Å². The van der Waals surface area contributed by atoms with E-state index in [-0.39, 0.29) is 6.79 Å². The molecule has 0 saturated carbocycles. The van der Waals surface area contributed by atoms with Crippen molar-refractivity contribution >= 4 is 6.08 Å². The first kappa shape index (κ1) is 20.5. The molecule has 0 aromatic heterocycles. The van der Waals surface area contributed by atoms with Gasteiger partial charge in [-0.2, -0.15) is 0 Å². The summed E-state index contributed by atoms with van der Waals surface area (Å²) in [4.78, 5) is 0. The summed E-state index contributed by atoms with van der Waals surface area (Å²) < 4.78 is 11.2. The highest BCUT2D eigenvalue weighted by molar-refractivity contribution is 5.49. The highest BCUT2D eigenvalue weighted by atomic mass is 16.7. The van der Waals surface area contributed by atoms with Crippen LogP contribution < -0.4 is 4.74 Å². The lowest BCUT2D eigenvalue weighted by atomic mass is 10.0. The van der Waals surface area contributed by atoms with E-state index in [1.54, 1.807) is 6.26 Å². The van der Waals surface area contributed by atoms with Crippen molar-refractivity contribution in [2.75, 3.05) is 6.79 Å². The summed E-state index contributed by atoms with van der Waals surface area (Å²) in [6.07, 6.45) is 5.48. The smallest absolute Gasteiger partial charge is 0.229 e. The molecule has 0 atom stereocenters. The van der Waals surface area contributed by atoms with Crippen LogP contribution in [-0.2, 0) is 17.6 Å². The van der Waals surface area contributed by atoms with Gasteiger partial charge in [0.25, 0.3) is 0 Å². The molecule has 0 aliphatic carbocycles. The van der Waals surface area contributed by atoms with Gasteiger partial charge >= 0.3 is 0 Å². The summed E-state index contributed by atoms with van der Waals surface area (Å²) in [5.41, 5.74) is 6.28. The molecule has 4 aromatic carbocycles. The number of hydrogen-bond donors (Lipinski definition) is 0. The molecule has 0 fully saturated rings. The first-order valence-corrected chi connectivity index (χ1v) is 10.5. The first-order valence-electron chi connectivity index (χ1n) is 10.5. The highest BCUT2D eigenvalue weighted by Gasteiger charge is 1.98. The number of rotatable bonds is 9. The van der Waals surface area contributed by atoms with Gasteiger partial charge in [0.05, 0.1) is 6.26 Å². The summed E-state index contributed by atoms with van der Waals surface area (Å²) in [6, 6.07) is 37.6. The minimum absolute atomic E-state index is 0.181. The van der Waals surface area contributed by atoms with E-state index in [0.717, 1.165) is 24.2 Å². The third kappa shape index (κ3) is 6.61. The van der Waals surface area contributed by atoms with Gasteiger partial charge in [0.15, 0.2) is 0 Å². The Morgan fingerprint density at radius 3 is 1.55 bits per heavy atom. The molecule has 0 spiro atoms.